The van der Waals surface area contributed by atoms with Crippen LogP contribution in [0, 0.1) is 18.8 Å². The van der Waals surface area contributed by atoms with Gasteiger partial charge in [-0.3, -0.25) is 14.8 Å². The highest BCUT2D eigenvalue weighted by Gasteiger charge is 2.48. The number of nitrogens with one attached hydrogen (secondary N) is 1. The first-order chi connectivity index (χ1) is 13.6. The lowest BCUT2D eigenvalue weighted by Crippen LogP contribution is -2.34. The second-order valence-electron chi connectivity index (χ2n) is 8.67. The van der Waals surface area contributed by atoms with E-state index in [1.54, 1.807) is 7.11 Å². The van der Waals surface area contributed by atoms with Crippen molar-refractivity contribution in [3.63, 3.8) is 0 Å². The zero-order chi connectivity index (χ0) is 19.4. The van der Waals surface area contributed by atoms with Crippen LogP contribution in [-0.4, -0.2) is 59.7 Å². The van der Waals surface area contributed by atoms with E-state index >= 15 is 0 Å². The lowest BCUT2D eigenvalue weighted by molar-refractivity contribution is 0.0766. The number of nitrogens with zero attached hydrogens (tertiary/aromatic N) is 3. The summed E-state index contributed by atoms with van der Waals surface area (Å²) in [5, 5.41) is 7.49. The molecule has 3 fully saturated rings. The SMILES string of the molecule is COc1ccc([C@@H]2[C@@H]3CN(C(=O)c4c(C5CC5)n[nH]c4C)C[C@@H]3CN2C)cc1. The summed E-state index contributed by atoms with van der Waals surface area (Å²) < 4.78 is 5.31. The average molecular weight is 380 g/mol. The van der Waals surface area contributed by atoms with Crippen LogP contribution in [0.4, 0.5) is 0 Å². The van der Waals surface area contributed by atoms with Crippen molar-refractivity contribution in [2.75, 3.05) is 33.8 Å². The number of ether oxygens (including phenoxy) is 1. The van der Waals surface area contributed by atoms with Crippen LogP contribution in [0.2, 0.25) is 0 Å². The number of aromatic amines is 1. The van der Waals surface area contributed by atoms with E-state index in [0.29, 0.717) is 23.8 Å². The predicted molar refractivity (Wildman–Crippen MR) is 107 cm³/mol. The van der Waals surface area contributed by atoms with Gasteiger partial charge in [-0.05, 0) is 50.4 Å². The highest BCUT2D eigenvalue weighted by Crippen LogP contribution is 2.46. The molecule has 6 nitrogen and oxygen atoms in total. The van der Waals surface area contributed by atoms with E-state index in [-0.39, 0.29) is 5.91 Å². The molecule has 1 aromatic carbocycles. The van der Waals surface area contributed by atoms with Crippen LogP contribution in [0.5, 0.6) is 5.75 Å². The minimum absolute atomic E-state index is 0.165. The van der Waals surface area contributed by atoms with Gasteiger partial charge in [-0.15, -0.1) is 0 Å². The summed E-state index contributed by atoms with van der Waals surface area (Å²) in [5.41, 5.74) is 4.04. The third-order valence-electron chi connectivity index (χ3n) is 6.79. The van der Waals surface area contributed by atoms with Gasteiger partial charge in [0.25, 0.3) is 5.91 Å². The van der Waals surface area contributed by atoms with Crippen LogP contribution >= 0.6 is 0 Å². The highest BCUT2D eigenvalue weighted by molar-refractivity contribution is 5.97. The summed E-state index contributed by atoms with van der Waals surface area (Å²) >= 11 is 0. The second kappa shape index (κ2) is 6.62. The van der Waals surface area contributed by atoms with Crippen molar-refractivity contribution in [1.82, 2.24) is 20.0 Å². The minimum Gasteiger partial charge on any atom is -0.497 e. The molecule has 1 amide bonds. The zero-order valence-corrected chi connectivity index (χ0v) is 16.8. The van der Waals surface area contributed by atoms with Gasteiger partial charge in [0.15, 0.2) is 0 Å². The molecule has 6 heteroatoms. The Labute approximate surface area is 165 Å². The minimum atomic E-state index is 0.165. The summed E-state index contributed by atoms with van der Waals surface area (Å²) in [6, 6.07) is 8.74. The second-order valence-corrected chi connectivity index (χ2v) is 8.67. The Morgan fingerprint density at radius 2 is 1.93 bits per heavy atom. The van der Waals surface area contributed by atoms with Crippen LogP contribution < -0.4 is 4.74 Å². The van der Waals surface area contributed by atoms with Gasteiger partial charge in [0.05, 0.1) is 18.4 Å². The number of carbonyl (C=O) groups is 1. The van der Waals surface area contributed by atoms with E-state index in [0.717, 1.165) is 55.2 Å². The van der Waals surface area contributed by atoms with Crippen molar-refractivity contribution in [2.45, 2.75) is 31.7 Å². The van der Waals surface area contributed by atoms with Crippen molar-refractivity contribution < 1.29 is 9.53 Å². The number of benzene rings is 1. The summed E-state index contributed by atoms with van der Waals surface area (Å²) in [6.07, 6.45) is 2.31. The van der Waals surface area contributed by atoms with Crippen molar-refractivity contribution in [3.05, 3.63) is 46.8 Å². The molecule has 0 radical (unpaired) electrons. The number of H-pyrrole nitrogens is 1. The third-order valence-corrected chi connectivity index (χ3v) is 6.79. The summed E-state index contributed by atoms with van der Waals surface area (Å²) in [4.78, 5) is 17.9. The number of aromatic nitrogens is 2. The van der Waals surface area contributed by atoms with E-state index < -0.39 is 0 Å². The van der Waals surface area contributed by atoms with Crippen molar-refractivity contribution in [1.29, 1.82) is 0 Å². The van der Waals surface area contributed by atoms with Gasteiger partial charge in [0.1, 0.15) is 5.75 Å². The summed E-state index contributed by atoms with van der Waals surface area (Å²) in [6.45, 7) is 4.66. The molecule has 0 bridgehead atoms. The zero-order valence-electron chi connectivity index (χ0n) is 16.8. The van der Waals surface area contributed by atoms with Gasteiger partial charge in [-0.25, -0.2) is 0 Å². The Bertz CT molecular complexity index is 886. The fourth-order valence-corrected chi connectivity index (χ4v) is 5.25. The first kappa shape index (κ1) is 17.7. The molecule has 3 atom stereocenters. The van der Waals surface area contributed by atoms with E-state index in [1.807, 2.05) is 19.1 Å². The van der Waals surface area contributed by atoms with Gasteiger partial charge in [0, 0.05) is 43.2 Å². The molecule has 3 heterocycles. The topological polar surface area (TPSA) is 61.5 Å². The Hall–Kier alpha value is -2.34. The maximum atomic E-state index is 13.4. The van der Waals surface area contributed by atoms with Crippen molar-refractivity contribution >= 4 is 5.91 Å². The number of rotatable bonds is 4. The third kappa shape index (κ3) is 2.82. The number of likely N-dealkylation sites (tertiary alicyclic amines) is 2. The molecule has 2 aromatic rings. The van der Waals surface area contributed by atoms with Gasteiger partial charge in [-0.2, -0.15) is 5.10 Å². The fourth-order valence-electron chi connectivity index (χ4n) is 5.25. The normalized spacial score (nSPS) is 27.2. The van der Waals surface area contributed by atoms with E-state index in [4.69, 9.17) is 4.74 Å². The molecule has 0 spiro atoms. The first-order valence-corrected chi connectivity index (χ1v) is 10.2. The summed E-state index contributed by atoms with van der Waals surface area (Å²) in [5.74, 6) is 2.52. The Morgan fingerprint density at radius 3 is 2.61 bits per heavy atom. The van der Waals surface area contributed by atoms with Gasteiger partial charge in [-0.1, -0.05) is 12.1 Å². The molecule has 5 rings (SSSR count). The maximum Gasteiger partial charge on any atom is 0.257 e. The standard InChI is InChI=1S/C22H28N4O2/c1-13-19(20(24-23-13)14-4-5-14)22(27)26-11-16-10-25(2)21(18(16)12-26)15-6-8-17(28-3)9-7-15/h6-9,14,16,18,21H,4-5,10-12H2,1-3H3,(H,23,24)/t16-,18+,21+/m0/s1. The molecule has 2 saturated heterocycles. The molecule has 0 unspecified atom stereocenters. The maximum absolute atomic E-state index is 13.4. The van der Waals surface area contributed by atoms with Gasteiger partial charge >= 0.3 is 0 Å². The summed E-state index contributed by atoms with van der Waals surface area (Å²) in [7, 11) is 3.89. The lowest BCUT2D eigenvalue weighted by Gasteiger charge is -2.27. The molecule has 1 aliphatic carbocycles. The first-order valence-electron chi connectivity index (χ1n) is 10.2. The molecule has 3 aliphatic rings. The number of hydrogen-bond acceptors (Lipinski definition) is 4. The molecule has 1 N–H and O–H groups in total. The van der Waals surface area contributed by atoms with E-state index in [1.165, 1.54) is 5.56 Å². The number of amides is 1. The molecular formula is C22H28N4O2. The van der Waals surface area contributed by atoms with Crippen LogP contribution in [0.25, 0.3) is 0 Å². The largest absolute Gasteiger partial charge is 0.497 e. The number of methoxy groups -OCH3 is 1. The number of fused-ring (bicyclic) bond motifs is 1. The Kier molecular flexibility index (Phi) is 4.19. The van der Waals surface area contributed by atoms with E-state index in [2.05, 4.69) is 39.2 Å². The van der Waals surface area contributed by atoms with Gasteiger partial charge < -0.3 is 9.64 Å². The van der Waals surface area contributed by atoms with Crippen molar-refractivity contribution in [3.8, 4) is 5.75 Å². The number of carbonyl (C=O) groups excluding carboxylic acids is 1. The number of hydrogen-bond donors (Lipinski definition) is 1. The van der Waals surface area contributed by atoms with Crippen LogP contribution in [0.15, 0.2) is 24.3 Å². The average Bonchev–Trinajstić information content (AvgIpc) is 3.24. The highest BCUT2D eigenvalue weighted by atomic mass is 16.5. The number of aryl methyl sites for hydroxylation is 1. The van der Waals surface area contributed by atoms with Gasteiger partial charge in [0.2, 0.25) is 0 Å². The Balaban J connectivity index is 1.37. The van der Waals surface area contributed by atoms with Crippen LogP contribution in [0.3, 0.4) is 0 Å². The van der Waals surface area contributed by atoms with E-state index in [9.17, 15) is 4.79 Å². The quantitative estimate of drug-likeness (QED) is 0.886. The molecule has 28 heavy (non-hydrogen) atoms. The molecule has 148 valence electrons. The molecule has 1 aromatic heterocycles. The Morgan fingerprint density at radius 1 is 1.18 bits per heavy atom. The molecule has 1 saturated carbocycles. The van der Waals surface area contributed by atoms with Crippen molar-refractivity contribution in [2.24, 2.45) is 11.8 Å². The molecule has 2 aliphatic heterocycles. The smallest absolute Gasteiger partial charge is 0.257 e. The fraction of sp³-hybridized carbons (Fsp3) is 0.545. The monoisotopic (exact) mass is 380 g/mol. The van der Waals surface area contributed by atoms with Crippen LogP contribution in [-0.2, 0) is 0 Å². The molecular weight excluding hydrogens is 352 g/mol. The lowest BCUT2D eigenvalue weighted by atomic mass is 9.89. The predicted octanol–water partition coefficient (Wildman–Crippen LogP) is 2.98. The van der Waals surface area contributed by atoms with Crippen LogP contribution in [0.1, 0.15) is 52.1 Å².